The van der Waals surface area contributed by atoms with E-state index in [4.69, 9.17) is 11.6 Å². The summed E-state index contributed by atoms with van der Waals surface area (Å²) in [6, 6.07) is 13.2. The van der Waals surface area contributed by atoms with E-state index in [0.717, 1.165) is 21.4 Å². The Bertz CT molecular complexity index is 1200. The first-order valence-corrected chi connectivity index (χ1v) is 9.79. The first-order chi connectivity index (χ1) is 13.1. The molecule has 0 aliphatic heterocycles. The Labute approximate surface area is 165 Å². The number of nitrogens with zero attached hydrogens (tertiary/aromatic N) is 4. The fourth-order valence-electron chi connectivity index (χ4n) is 2.96. The Morgan fingerprint density at radius 3 is 2.81 bits per heavy atom. The van der Waals surface area contributed by atoms with Crippen LogP contribution in [0, 0.1) is 6.92 Å². The van der Waals surface area contributed by atoms with Crippen molar-refractivity contribution in [1.82, 2.24) is 19.1 Å². The second kappa shape index (κ2) is 7.21. The minimum Gasteiger partial charge on any atom is -0.299 e. The average Bonchev–Trinajstić information content (AvgIpc) is 3.14. The standard InChI is InChI=1S/C20H17ClN4OS/c1-13-15(21)7-5-9-17(13)25-11-10-22-20(25)27-12-18-23-16-8-4-3-6-14(16)19(26)24(18)2/h3-11H,12H2,1-2H3. The number of rotatable bonds is 4. The second-order valence-corrected chi connectivity index (χ2v) is 7.51. The van der Waals surface area contributed by atoms with Gasteiger partial charge in [0, 0.05) is 24.5 Å². The lowest BCUT2D eigenvalue weighted by Crippen LogP contribution is -2.21. The topological polar surface area (TPSA) is 52.7 Å². The third kappa shape index (κ3) is 3.26. The van der Waals surface area contributed by atoms with Gasteiger partial charge in [-0.05, 0) is 36.8 Å². The normalized spacial score (nSPS) is 11.2. The Balaban J connectivity index is 1.67. The van der Waals surface area contributed by atoms with Gasteiger partial charge in [-0.25, -0.2) is 9.97 Å². The van der Waals surface area contributed by atoms with Gasteiger partial charge in [-0.2, -0.15) is 0 Å². The van der Waals surface area contributed by atoms with E-state index in [-0.39, 0.29) is 5.56 Å². The van der Waals surface area contributed by atoms with Crippen molar-refractivity contribution in [2.45, 2.75) is 17.8 Å². The van der Waals surface area contributed by atoms with Gasteiger partial charge in [0.15, 0.2) is 5.16 Å². The van der Waals surface area contributed by atoms with E-state index < -0.39 is 0 Å². The Hall–Kier alpha value is -2.57. The van der Waals surface area contributed by atoms with Crippen LogP contribution >= 0.6 is 23.4 Å². The van der Waals surface area contributed by atoms with Crippen molar-refractivity contribution in [3.63, 3.8) is 0 Å². The summed E-state index contributed by atoms with van der Waals surface area (Å²) in [4.78, 5) is 21.7. The van der Waals surface area contributed by atoms with Crippen LogP contribution in [-0.4, -0.2) is 19.1 Å². The molecule has 0 aliphatic rings. The predicted molar refractivity (Wildman–Crippen MR) is 110 cm³/mol. The first kappa shape index (κ1) is 17.8. The molecule has 0 atom stereocenters. The fourth-order valence-corrected chi connectivity index (χ4v) is 4.08. The van der Waals surface area contributed by atoms with Crippen LogP contribution < -0.4 is 5.56 Å². The van der Waals surface area contributed by atoms with Gasteiger partial charge in [-0.15, -0.1) is 0 Å². The molecule has 2 heterocycles. The molecular formula is C20H17ClN4OS. The van der Waals surface area contributed by atoms with Crippen molar-refractivity contribution in [3.8, 4) is 5.69 Å². The highest BCUT2D eigenvalue weighted by atomic mass is 35.5. The van der Waals surface area contributed by atoms with E-state index in [1.165, 1.54) is 11.8 Å². The summed E-state index contributed by atoms with van der Waals surface area (Å²) in [5, 5.41) is 2.17. The Morgan fingerprint density at radius 2 is 1.96 bits per heavy atom. The van der Waals surface area contributed by atoms with Crippen LogP contribution in [0.5, 0.6) is 0 Å². The number of benzene rings is 2. The maximum Gasteiger partial charge on any atom is 0.261 e. The molecule has 0 N–H and O–H groups in total. The number of hydrogen-bond acceptors (Lipinski definition) is 4. The average molecular weight is 397 g/mol. The summed E-state index contributed by atoms with van der Waals surface area (Å²) in [7, 11) is 1.76. The van der Waals surface area contributed by atoms with E-state index in [9.17, 15) is 4.79 Å². The molecule has 0 aliphatic carbocycles. The molecule has 7 heteroatoms. The van der Waals surface area contributed by atoms with Crippen LogP contribution in [0.15, 0.2) is 64.8 Å². The molecule has 136 valence electrons. The molecule has 0 saturated heterocycles. The van der Waals surface area contributed by atoms with Crippen LogP contribution in [0.4, 0.5) is 0 Å². The second-order valence-electron chi connectivity index (χ2n) is 6.16. The molecule has 0 fully saturated rings. The molecule has 0 spiro atoms. The highest BCUT2D eigenvalue weighted by Gasteiger charge is 2.13. The van der Waals surface area contributed by atoms with Crippen molar-refractivity contribution >= 4 is 34.3 Å². The molecule has 0 saturated carbocycles. The van der Waals surface area contributed by atoms with E-state index in [1.54, 1.807) is 23.9 Å². The smallest absolute Gasteiger partial charge is 0.261 e. The number of imidazole rings is 1. The summed E-state index contributed by atoms with van der Waals surface area (Å²) in [5.41, 5.74) is 2.66. The molecule has 0 amide bonds. The fraction of sp³-hybridized carbons (Fsp3) is 0.150. The third-order valence-electron chi connectivity index (χ3n) is 4.51. The van der Waals surface area contributed by atoms with Crippen LogP contribution in [-0.2, 0) is 12.8 Å². The van der Waals surface area contributed by atoms with E-state index in [1.807, 2.05) is 54.1 Å². The van der Waals surface area contributed by atoms with Crippen molar-refractivity contribution < 1.29 is 0 Å². The molecule has 27 heavy (non-hydrogen) atoms. The van der Waals surface area contributed by atoms with Crippen molar-refractivity contribution in [2.75, 3.05) is 0 Å². The summed E-state index contributed by atoms with van der Waals surface area (Å²) in [6.07, 6.45) is 3.67. The predicted octanol–water partition coefficient (Wildman–Crippen LogP) is 4.37. The van der Waals surface area contributed by atoms with Crippen molar-refractivity contribution in [1.29, 1.82) is 0 Å². The highest BCUT2D eigenvalue weighted by molar-refractivity contribution is 7.98. The monoisotopic (exact) mass is 396 g/mol. The zero-order chi connectivity index (χ0) is 19.0. The van der Waals surface area contributed by atoms with Crippen molar-refractivity contribution in [2.24, 2.45) is 7.05 Å². The molecule has 0 radical (unpaired) electrons. The summed E-state index contributed by atoms with van der Waals surface area (Å²) < 4.78 is 3.61. The van der Waals surface area contributed by atoms with E-state index in [0.29, 0.717) is 22.5 Å². The number of para-hydroxylation sites is 1. The van der Waals surface area contributed by atoms with Gasteiger partial charge in [0.1, 0.15) is 5.82 Å². The van der Waals surface area contributed by atoms with Gasteiger partial charge in [-0.3, -0.25) is 13.9 Å². The Kier molecular flexibility index (Phi) is 4.76. The SMILES string of the molecule is Cc1c(Cl)cccc1-n1ccnc1SCc1nc2ccccc2c(=O)n1C. The zero-order valence-electron chi connectivity index (χ0n) is 14.9. The van der Waals surface area contributed by atoms with Crippen molar-refractivity contribution in [3.05, 3.63) is 81.6 Å². The van der Waals surface area contributed by atoms with Crippen LogP contribution in [0.25, 0.3) is 16.6 Å². The van der Waals surface area contributed by atoms with Crippen LogP contribution in [0.3, 0.4) is 0 Å². The zero-order valence-corrected chi connectivity index (χ0v) is 16.5. The Morgan fingerprint density at radius 1 is 1.15 bits per heavy atom. The van der Waals surface area contributed by atoms with E-state index >= 15 is 0 Å². The molecule has 2 aromatic carbocycles. The lowest BCUT2D eigenvalue weighted by molar-refractivity contribution is 0.783. The van der Waals surface area contributed by atoms with Crippen LogP contribution in [0.1, 0.15) is 11.4 Å². The lowest BCUT2D eigenvalue weighted by Gasteiger charge is -2.12. The number of hydrogen-bond donors (Lipinski definition) is 0. The van der Waals surface area contributed by atoms with Gasteiger partial charge in [-0.1, -0.05) is 41.6 Å². The quantitative estimate of drug-likeness (QED) is 0.480. The first-order valence-electron chi connectivity index (χ1n) is 8.42. The minimum atomic E-state index is -0.0368. The summed E-state index contributed by atoms with van der Waals surface area (Å²) >= 11 is 7.80. The van der Waals surface area contributed by atoms with Gasteiger partial charge in [0.25, 0.3) is 5.56 Å². The molecule has 0 bridgehead atoms. The van der Waals surface area contributed by atoms with Gasteiger partial charge < -0.3 is 0 Å². The minimum absolute atomic E-state index is 0.0368. The molecule has 4 rings (SSSR count). The molecule has 4 aromatic rings. The number of fused-ring (bicyclic) bond motifs is 1. The third-order valence-corrected chi connectivity index (χ3v) is 5.88. The summed E-state index contributed by atoms with van der Waals surface area (Å²) in [6.45, 7) is 1.99. The number of thioether (sulfide) groups is 1. The van der Waals surface area contributed by atoms with E-state index in [2.05, 4.69) is 9.97 Å². The maximum absolute atomic E-state index is 12.6. The van der Waals surface area contributed by atoms with Gasteiger partial charge in [0.2, 0.25) is 0 Å². The molecule has 5 nitrogen and oxygen atoms in total. The van der Waals surface area contributed by atoms with Gasteiger partial charge >= 0.3 is 0 Å². The highest BCUT2D eigenvalue weighted by Crippen LogP contribution is 2.28. The summed E-state index contributed by atoms with van der Waals surface area (Å²) in [5.74, 6) is 1.24. The maximum atomic E-state index is 12.6. The van der Waals surface area contributed by atoms with Gasteiger partial charge in [0.05, 0.1) is 22.3 Å². The largest absolute Gasteiger partial charge is 0.299 e. The molecular weight excluding hydrogens is 380 g/mol. The molecule has 0 unspecified atom stereocenters. The number of halogens is 1. The lowest BCUT2D eigenvalue weighted by atomic mass is 10.2. The molecule has 2 aromatic heterocycles. The number of aromatic nitrogens is 4. The van der Waals surface area contributed by atoms with Crippen LogP contribution in [0.2, 0.25) is 5.02 Å².